The molecule has 0 radical (unpaired) electrons. The molecule has 0 saturated heterocycles. The fraction of sp³-hybridized carbons (Fsp3) is 0.222. The summed E-state index contributed by atoms with van der Waals surface area (Å²) < 4.78 is 0. The van der Waals surface area contributed by atoms with Gasteiger partial charge in [-0.25, -0.2) is 0 Å². The second-order valence-electron chi connectivity index (χ2n) is 5.27. The van der Waals surface area contributed by atoms with Crippen molar-refractivity contribution >= 4 is 6.08 Å². The first-order chi connectivity index (χ1) is 9.25. The summed E-state index contributed by atoms with van der Waals surface area (Å²) in [5.74, 6) is 0.477. The molecule has 2 atom stereocenters. The van der Waals surface area contributed by atoms with Crippen LogP contribution >= 0.6 is 0 Å². The van der Waals surface area contributed by atoms with E-state index in [9.17, 15) is 0 Å². The van der Waals surface area contributed by atoms with Crippen LogP contribution in [-0.4, -0.2) is 6.04 Å². The lowest BCUT2D eigenvalue weighted by molar-refractivity contribution is 0.636. The van der Waals surface area contributed by atoms with Crippen LogP contribution in [0.1, 0.15) is 18.1 Å². The standard InChI is InChI=1S/C18H19N/c1-13-7-3-4-8-15(13)11-14(2)17-12-19-18-10-6-5-9-16(17)18/h3-12,16,18-19H,1-2H3/b14-11+. The Morgan fingerprint density at radius 2 is 1.95 bits per heavy atom. The third-order valence-corrected chi connectivity index (χ3v) is 3.94. The van der Waals surface area contributed by atoms with Gasteiger partial charge in [0.2, 0.25) is 0 Å². The van der Waals surface area contributed by atoms with Crippen LogP contribution in [0, 0.1) is 12.8 Å². The Hall–Kier alpha value is -2.02. The summed E-state index contributed by atoms with van der Waals surface area (Å²) in [5, 5.41) is 3.45. The van der Waals surface area contributed by atoms with Crippen molar-refractivity contribution in [1.82, 2.24) is 5.32 Å². The summed E-state index contributed by atoms with van der Waals surface area (Å²) in [6.45, 7) is 4.36. The maximum Gasteiger partial charge on any atom is 0.0546 e. The quantitative estimate of drug-likeness (QED) is 0.835. The van der Waals surface area contributed by atoms with Crippen LogP contribution in [0.25, 0.3) is 6.08 Å². The fourth-order valence-corrected chi connectivity index (χ4v) is 2.79. The molecule has 1 N–H and O–H groups in total. The summed E-state index contributed by atoms with van der Waals surface area (Å²) in [6.07, 6.45) is 13.2. The van der Waals surface area contributed by atoms with Gasteiger partial charge in [-0.3, -0.25) is 0 Å². The topological polar surface area (TPSA) is 12.0 Å². The number of nitrogens with one attached hydrogen (secondary N) is 1. The molecule has 0 bridgehead atoms. The first-order valence-electron chi connectivity index (χ1n) is 6.81. The molecule has 0 spiro atoms. The lowest BCUT2D eigenvalue weighted by atomic mass is 9.87. The van der Waals surface area contributed by atoms with E-state index in [1.165, 1.54) is 22.3 Å². The van der Waals surface area contributed by atoms with Crippen LogP contribution in [0.2, 0.25) is 0 Å². The molecule has 0 aromatic heterocycles. The Kier molecular flexibility index (Phi) is 3.12. The van der Waals surface area contributed by atoms with Crippen molar-refractivity contribution in [2.75, 3.05) is 0 Å². The molecule has 3 rings (SSSR count). The Morgan fingerprint density at radius 1 is 1.16 bits per heavy atom. The fourth-order valence-electron chi connectivity index (χ4n) is 2.79. The molecule has 2 aliphatic rings. The van der Waals surface area contributed by atoms with E-state index in [2.05, 4.69) is 80.0 Å². The number of aryl methyl sites for hydroxylation is 1. The predicted octanol–water partition coefficient (Wildman–Crippen LogP) is 4.00. The minimum Gasteiger partial charge on any atom is -0.383 e. The summed E-state index contributed by atoms with van der Waals surface area (Å²) in [7, 11) is 0. The average molecular weight is 249 g/mol. The van der Waals surface area contributed by atoms with Gasteiger partial charge in [0.15, 0.2) is 0 Å². The van der Waals surface area contributed by atoms with Crippen LogP contribution in [0.5, 0.6) is 0 Å². The van der Waals surface area contributed by atoms with Crippen LogP contribution < -0.4 is 5.32 Å². The largest absolute Gasteiger partial charge is 0.383 e. The van der Waals surface area contributed by atoms with E-state index in [-0.39, 0.29) is 0 Å². The zero-order valence-electron chi connectivity index (χ0n) is 11.4. The number of hydrogen-bond donors (Lipinski definition) is 1. The van der Waals surface area contributed by atoms with Crippen molar-refractivity contribution in [2.24, 2.45) is 5.92 Å². The SMILES string of the molecule is C/C(=C\c1ccccc1C)C1=CNC2C=CC=CC12. The summed E-state index contributed by atoms with van der Waals surface area (Å²) in [6, 6.07) is 8.95. The first kappa shape index (κ1) is 12.0. The van der Waals surface area contributed by atoms with Crippen molar-refractivity contribution in [3.8, 4) is 0 Å². The van der Waals surface area contributed by atoms with Gasteiger partial charge in [-0.2, -0.15) is 0 Å². The molecule has 1 aliphatic heterocycles. The highest BCUT2D eigenvalue weighted by atomic mass is 14.9. The van der Waals surface area contributed by atoms with Gasteiger partial charge in [0.1, 0.15) is 0 Å². The highest BCUT2D eigenvalue weighted by molar-refractivity contribution is 5.62. The Bertz CT molecular complexity index is 602. The van der Waals surface area contributed by atoms with Crippen molar-refractivity contribution < 1.29 is 0 Å². The molecule has 96 valence electrons. The monoisotopic (exact) mass is 249 g/mol. The molecule has 1 aromatic rings. The molecule has 1 heteroatoms. The normalized spacial score (nSPS) is 24.9. The van der Waals surface area contributed by atoms with E-state index < -0.39 is 0 Å². The zero-order chi connectivity index (χ0) is 13.2. The highest BCUT2D eigenvalue weighted by Gasteiger charge is 2.27. The maximum atomic E-state index is 3.45. The molecule has 1 aromatic carbocycles. The molecule has 0 amide bonds. The molecular formula is C18H19N. The van der Waals surface area contributed by atoms with Gasteiger partial charge in [-0.15, -0.1) is 0 Å². The van der Waals surface area contributed by atoms with Gasteiger partial charge in [0.05, 0.1) is 6.04 Å². The molecular weight excluding hydrogens is 230 g/mol. The van der Waals surface area contributed by atoms with Crippen LogP contribution in [-0.2, 0) is 0 Å². The number of rotatable bonds is 2. The average Bonchev–Trinajstić information content (AvgIpc) is 2.85. The molecule has 19 heavy (non-hydrogen) atoms. The van der Waals surface area contributed by atoms with Gasteiger partial charge < -0.3 is 5.32 Å². The Balaban J connectivity index is 1.89. The summed E-state index contributed by atoms with van der Waals surface area (Å²) >= 11 is 0. The number of allylic oxidation sites excluding steroid dienone is 3. The van der Waals surface area contributed by atoms with Gasteiger partial charge in [0, 0.05) is 12.1 Å². The molecule has 0 saturated carbocycles. The van der Waals surface area contributed by atoms with E-state index in [1.54, 1.807) is 0 Å². The number of benzene rings is 1. The Morgan fingerprint density at radius 3 is 2.79 bits per heavy atom. The third kappa shape index (κ3) is 2.28. The van der Waals surface area contributed by atoms with Gasteiger partial charge in [-0.05, 0) is 36.1 Å². The van der Waals surface area contributed by atoms with Crippen molar-refractivity contribution in [3.63, 3.8) is 0 Å². The van der Waals surface area contributed by atoms with Crippen molar-refractivity contribution in [2.45, 2.75) is 19.9 Å². The first-order valence-corrected chi connectivity index (χ1v) is 6.81. The Labute approximate surface area is 115 Å². The molecule has 1 heterocycles. The maximum absolute atomic E-state index is 3.45. The van der Waals surface area contributed by atoms with Crippen molar-refractivity contribution in [3.05, 3.63) is 77.0 Å². The molecule has 1 nitrogen and oxygen atoms in total. The molecule has 0 fully saturated rings. The zero-order valence-corrected chi connectivity index (χ0v) is 11.4. The van der Waals surface area contributed by atoms with Gasteiger partial charge in [0.25, 0.3) is 0 Å². The minimum atomic E-state index is 0.431. The number of hydrogen-bond acceptors (Lipinski definition) is 1. The van der Waals surface area contributed by atoms with Crippen LogP contribution in [0.4, 0.5) is 0 Å². The van der Waals surface area contributed by atoms with E-state index in [0.717, 1.165) is 0 Å². The lowest BCUT2D eigenvalue weighted by Gasteiger charge is -2.19. The third-order valence-electron chi connectivity index (χ3n) is 3.94. The molecule has 2 unspecified atom stereocenters. The van der Waals surface area contributed by atoms with Gasteiger partial charge in [-0.1, -0.05) is 54.6 Å². The van der Waals surface area contributed by atoms with E-state index in [0.29, 0.717) is 12.0 Å². The van der Waals surface area contributed by atoms with Gasteiger partial charge >= 0.3 is 0 Å². The van der Waals surface area contributed by atoms with E-state index in [4.69, 9.17) is 0 Å². The minimum absolute atomic E-state index is 0.431. The second-order valence-corrected chi connectivity index (χ2v) is 5.27. The number of fused-ring (bicyclic) bond motifs is 1. The highest BCUT2D eigenvalue weighted by Crippen LogP contribution is 2.32. The van der Waals surface area contributed by atoms with Crippen LogP contribution in [0.3, 0.4) is 0 Å². The second kappa shape index (κ2) is 4.93. The van der Waals surface area contributed by atoms with E-state index >= 15 is 0 Å². The lowest BCUT2D eigenvalue weighted by Crippen LogP contribution is -2.25. The summed E-state index contributed by atoms with van der Waals surface area (Å²) in [5.41, 5.74) is 5.37. The summed E-state index contributed by atoms with van der Waals surface area (Å²) in [4.78, 5) is 0. The predicted molar refractivity (Wildman–Crippen MR) is 81.6 cm³/mol. The smallest absolute Gasteiger partial charge is 0.0546 e. The van der Waals surface area contributed by atoms with E-state index in [1.807, 2.05) is 0 Å². The van der Waals surface area contributed by atoms with Crippen molar-refractivity contribution in [1.29, 1.82) is 0 Å². The van der Waals surface area contributed by atoms with Crippen LogP contribution in [0.15, 0.2) is 65.9 Å². The molecule has 1 aliphatic carbocycles.